The summed E-state index contributed by atoms with van der Waals surface area (Å²) in [6.07, 6.45) is 1.96. The van der Waals surface area contributed by atoms with E-state index in [9.17, 15) is 5.11 Å². The van der Waals surface area contributed by atoms with Gasteiger partial charge < -0.3 is 20.6 Å². The van der Waals surface area contributed by atoms with Crippen LogP contribution in [0.25, 0.3) is 11.1 Å². The van der Waals surface area contributed by atoms with Crippen LogP contribution in [-0.2, 0) is 0 Å². The molecule has 0 amide bonds. The molecule has 1 heterocycles. The van der Waals surface area contributed by atoms with Gasteiger partial charge in [-0.05, 0) is 25.3 Å². The topological polar surface area (TPSA) is 84.3 Å². The van der Waals surface area contributed by atoms with Crippen molar-refractivity contribution in [2.45, 2.75) is 12.5 Å². The molecule has 1 aromatic heterocycles. The van der Waals surface area contributed by atoms with Gasteiger partial charge in [-0.15, -0.1) is 0 Å². The minimum absolute atomic E-state index is 0.385. The lowest BCUT2D eigenvalue weighted by Crippen LogP contribution is -2.36. The van der Waals surface area contributed by atoms with E-state index in [-0.39, 0.29) is 0 Å². The molecule has 0 spiro atoms. The molecule has 2 aromatic rings. The van der Waals surface area contributed by atoms with E-state index in [4.69, 9.17) is 10.2 Å². The van der Waals surface area contributed by atoms with Crippen LogP contribution in [-0.4, -0.2) is 34.2 Å². The largest absolute Gasteiger partial charge is 0.423 e. The van der Waals surface area contributed by atoms with Gasteiger partial charge in [0.25, 0.3) is 6.01 Å². The molecule has 0 fully saturated rings. The van der Waals surface area contributed by atoms with Crippen LogP contribution < -0.4 is 11.1 Å². The maximum Gasteiger partial charge on any atom is 0.295 e. The van der Waals surface area contributed by atoms with Gasteiger partial charge in [0.1, 0.15) is 5.52 Å². The highest BCUT2D eigenvalue weighted by atomic mass is 32.2. The fourth-order valence-corrected chi connectivity index (χ4v) is 2.37. The third-order valence-corrected chi connectivity index (χ3v) is 3.40. The zero-order valence-corrected chi connectivity index (χ0v) is 11.3. The standard InChI is InChI=1S/C12H17N3O2S/c1-12(16,7-18-2)6-14-11-15-9-4-3-8(13)5-10(9)17-11/h3-5,16H,6-7,13H2,1-2H3,(H,14,15). The van der Waals surface area contributed by atoms with Crippen LogP contribution in [0, 0.1) is 0 Å². The maximum atomic E-state index is 10.0. The van der Waals surface area contributed by atoms with Crippen LogP contribution >= 0.6 is 11.8 Å². The van der Waals surface area contributed by atoms with E-state index in [0.717, 1.165) is 5.52 Å². The molecular formula is C12H17N3O2S. The van der Waals surface area contributed by atoms with Crippen LogP contribution in [0.1, 0.15) is 6.92 Å². The molecule has 98 valence electrons. The Bertz CT molecular complexity index is 539. The number of aliphatic hydroxyl groups is 1. The third-order valence-electron chi connectivity index (χ3n) is 2.49. The summed E-state index contributed by atoms with van der Waals surface area (Å²) in [7, 11) is 0. The summed E-state index contributed by atoms with van der Waals surface area (Å²) in [6, 6.07) is 5.71. The highest BCUT2D eigenvalue weighted by Gasteiger charge is 2.20. The highest BCUT2D eigenvalue weighted by Crippen LogP contribution is 2.21. The lowest BCUT2D eigenvalue weighted by molar-refractivity contribution is 0.0991. The third kappa shape index (κ3) is 3.08. The quantitative estimate of drug-likeness (QED) is 0.718. The molecule has 0 aliphatic carbocycles. The smallest absolute Gasteiger partial charge is 0.295 e. The number of anilines is 2. The Kier molecular flexibility index (Phi) is 3.68. The minimum atomic E-state index is -0.793. The molecule has 18 heavy (non-hydrogen) atoms. The first kappa shape index (κ1) is 13.0. The monoisotopic (exact) mass is 267 g/mol. The Hall–Kier alpha value is -1.40. The summed E-state index contributed by atoms with van der Waals surface area (Å²) in [5.74, 6) is 0.646. The molecule has 0 saturated heterocycles. The molecule has 2 rings (SSSR count). The first-order chi connectivity index (χ1) is 8.50. The number of aromatic nitrogens is 1. The number of benzene rings is 1. The number of hydrogen-bond donors (Lipinski definition) is 3. The van der Waals surface area contributed by atoms with Crippen molar-refractivity contribution in [2.75, 3.05) is 29.6 Å². The number of nitrogens with one attached hydrogen (secondary N) is 1. The Labute approximate surface area is 110 Å². The molecule has 5 nitrogen and oxygen atoms in total. The van der Waals surface area contributed by atoms with Gasteiger partial charge in [0.2, 0.25) is 0 Å². The van der Waals surface area contributed by atoms with Gasteiger partial charge in [-0.3, -0.25) is 0 Å². The second kappa shape index (κ2) is 5.07. The number of hydrogen-bond acceptors (Lipinski definition) is 6. The Balaban J connectivity index is 2.08. The van der Waals surface area contributed by atoms with Gasteiger partial charge in [0.15, 0.2) is 5.58 Å². The van der Waals surface area contributed by atoms with Gasteiger partial charge in [-0.25, -0.2) is 0 Å². The van der Waals surface area contributed by atoms with Crippen molar-refractivity contribution < 1.29 is 9.52 Å². The van der Waals surface area contributed by atoms with E-state index >= 15 is 0 Å². The van der Waals surface area contributed by atoms with Crippen molar-refractivity contribution in [1.29, 1.82) is 0 Å². The molecule has 0 radical (unpaired) electrons. The molecular weight excluding hydrogens is 250 g/mol. The van der Waals surface area contributed by atoms with Crippen LogP contribution in [0.2, 0.25) is 0 Å². The van der Waals surface area contributed by atoms with E-state index < -0.39 is 5.60 Å². The van der Waals surface area contributed by atoms with Crippen molar-refractivity contribution in [3.8, 4) is 0 Å². The zero-order valence-electron chi connectivity index (χ0n) is 10.4. The Morgan fingerprint density at radius 3 is 3.06 bits per heavy atom. The molecule has 0 aliphatic heterocycles. The Morgan fingerprint density at radius 1 is 1.56 bits per heavy atom. The normalized spacial score (nSPS) is 14.6. The lowest BCUT2D eigenvalue weighted by Gasteiger charge is -2.21. The van der Waals surface area contributed by atoms with E-state index in [0.29, 0.717) is 29.6 Å². The van der Waals surface area contributed by atoms with Crippen molar-refractivity contribution in [3.63, 3.8) is 0 Å². The number of nitrogens with zero attached hydrogens (tertiary/aromatic N) is 1. The average molecular weight is 267 g/mol. The predicted octanol–water partition coefficient (Wildman–Crippen LogP) is 1.94. The van der Waals surface area contributed by atoms with Crippen LogP contribution in [0.4, 0.5) is 11.7 Å². The summed E-state index contributed by atoms with van der Waals surface area (Å²) in [4.78, 5) is 4.27. The summed E-state index contributed by atoms with van der Waals surface area (Å²) in [5.41, 5.74) is 6.90. The summed E-state index contributed by atoms with van der Waals surface area (Å²) in [5, 5.41) is 13.0. The maximum absolute atomic E-state index is 10.0. The highest BCUT2D eigenvalue weighted by molar-refractivity contribution is 7.98. The van der Waals surface area contributed by atoms with Gasteiger partial charge in [-0.1, -0.05) is 0 Å². The molecule has 6 heteroatoms. The van der Waals surface area contributed by atoms with Gasteiger partial charge in [-0.2, -0.15) is 16.7 Å². The number of nitrogen functional groups attached to an aromatic ring is 1. The van der Waals surface area contributed by atoms with Crippen LogP contribution in [0.3, 0.4) is 0 Å². The lowest BCUT2D eigenvalue weighted by atomic mass is 10.1. The zero-order chi connectivity index (χ0) is 13.2. The second-order valence-corrected chi connectivity index (χ2v) is 5.40. The van der Waals surface area contributed by atoms with Crippen LogP contribution in [0.15, 0.2) is 22.6 Å². The van der Waals surface area contributed by atoms with E-state index in [2.05, 4.69) is 10.3 Å². The number of thioether (sulfide) groups is 1. The first-order valence-corrected chi connectivity index (χ1v) is 7.01. The predicted molar refractivity (Wildman–Crippen MR) is 75.9 cm³/mol. The molecule has 1 atom stereocenters. The summed E-state index contributed by atoms with van der Waals surface area (Å²) >= 11 is 1.59. The first-order valence-electron chi connectivity index (χ1n) is 5.61. The fraction of sp³-hybridized carbons (Fsp3) is 0.417. The number of rotatable bonds is 5. The van der Waals surface area contributed by atoms with Crippen LogP contribution in [0.5, 0.6) is 0 Å². The number of oxazole rings is 1. The van der Waals surface area contributed by atoms with Crippen molar-refractivity contribution in [3.05, 3.63) is 18.2 Å². The van der Waals surface area contributed by atoms with Gasteiger partial charge >= 0.3 is 0 Å². The molecule has 0 saturated carbocycles. The van der Waals surface area contributed by atoms with Gasteiger partial charge in [0, 0.05) is 24.1 Å². The number of fused-ring (bicyclic) bond motifs is 1. The molecule has 1 unspecified atom stereocenters. The molecule has 4 N–H and O–H groups in total. The van der Waals surface area contributed by atoms with E-state index in [1.165, 1.54) is 0 Å². The molecule has 0 bridgehead atoms. The minimum Gasteiger partial charge on any atom is -0.423 e. The summed E-state index contributed by atoms with van der Waals surface area (Å²) < 4.78 is 5.50. The number of nitrogens with two attached hydrogens (primary N) is 1. The van der Waals surface area contributed by atoms with Crippen molar-refractivity contribution >= 4 is 34.6 Å². The Morgan fingerprint density at radius 2 is 2.33 bits per heavy atom. The van der Waals surface area contributed by atoms with Crippen molar-refractivity contribution in [2.24, 2.45) is 0 Å². The van der Waals surface area contributed by atoms with Gasteiger partial charge in [0.05, 0.1) is 5.60 Å². The average Bonchev–Trinajstić information content (AvgIpc) is 2.68. The van der Waals surface area contributed by atoms with Crippen molar-refractivity contribution in [1.82, 2.24) is 4.98 Å². The molecule has 0 aliphatic rings. The van der Waals surface area contributed by atoms with E-state index in [1.54, 1.807) is 36.9 Å². The van der Waals surface area contributed by atoms with E-state index in [1.807, 2.05) is 6.26 Å². The fourth-order valence-electron chi connectivity index (χ4n) is 1.64. The summed E-state index contributed by atoms with van der Waals surface area (Å²) in [6.45, 7) is 2.16. The molecule has 1 aromatic carbocycles. The second-order valence-electron chi connectivity index (χ2n) is 4.53. The SMILES string of the molecule is CSCC(C)(O)CNc1nc2ccc(N)cc2o1.